The average molecular weight is 279 g/mol. The molecule has 0 aliphatic heterocycles. The Morgan fingerprint density at radius 1 is 0.952 bits per heavy atom. The smallest absolute Gasteiger partial charge is 0.327 e. The van der Waals surface area contributed by atoms with Crippen LogP contribution in [0.3, 0.4) is 0 Å². The Hall–Kier alpha value is -3.22. The number of hydrogen-bond acceptors (Lipinski definition) is 4. The summed E-state index contributed by atoms with van der Waals surface area (Å²) in [7, 11) is 0. The van der Waals surface area contributed by atoms with E-state index in [0.29, 0.717) is 5.82 Å². The second-order valence-corrected chi connectivity index (χ2v) is 4.59. The molecule has 0 unspecified atom stereocenters. The maximum atomic E-state index is 11.7. The van der Waals surface area contributed by atoms with Gasteiger partial charge in [0.05, 0.1) is 5.52 Å². The van der Waals surface area contributed by atoms with Crippen LogP contribution in [-0.4, -0.2) is 24.9 Å². The zero-order valence-electron chi connectivity index (χ0n) is 10.7. The molecule has 102 valence electrons. The molecule has 1 aromatic carbocycles. The van der Waals surface area contributed by atoms with Gasteiger partial charge in [-0.2, -0.15) is 0 Å². The van der Waals surface area contributed by atoms with E-state index in [1.807, 2.05) is 30.3 Å². The lowest BCUT2D eigenvalue weighted by Crippen LogP contribution is -2.21. The Balaban J connectivity index is 2.07. The zero-order valence-corrected chi connectivity index (χ0v) is 10.7. The molecule has 0 fully saturated rings. The highest BCUT2D eigenvalue weighted by atomic mass is 16.2. The highest BCUT2D eigenvalue weighted by Gasteiger charge is 2.11. The van der Waals surface area contributed by atoms with Gasteiger partial charge in [-0.25, -0.2) is 9.78 Å². The maximum absolute atomic E-state index is 11.7. The minimum Gasteiger partial charge on any atom is -0.332 e. The summed E-state index contributed by atoms with van der Waals surface area (Å²) in [6.45, 7) is 0. The quantitative estimate of drug-likeness (QED) is 0.486. The van der Waals surface area contributed by atoms with Gasteiger partial charge in [-0.05, 0) is 12.1 Å². The molecule has 7 nitrogen and oxygen atoms in total. The van der Waals surface area contributed by atoms with Crippen LogP contribution < -0.4 is 11.2 Å². The Morgan fingerprint density at radius 3 is 2.76 bits per heavy atom. The van der Waals surface area contributed by atoms with Crippen LogP contribution >= 0.6 is 0 Å². The van der Waals surface area contributed by atoms with Gasteiger partial charge in [-0.1, -0.05) is 18.2 Å². The van der Waals surface area contributed by atoms with Crippen molar-refractivity contribution in [3.8, 4) is 11.4 Å². The van der Waals surface area contributed by atoms with Crippen LogP contribution in [0.4, 0.5) is 0 Å². The molecular formula is C14H9N5O2. The average Bonchev–Trinajstić information content (AvgIpc) is 2.90. The number of nitrogens with one attached hydrogen (secondary N) is 3. The lowest BCUT2D eigenvalue weighted by Gasteiger charge is -2.02. The summed E-state index contributed by atoms with van der Waals surface area (Å²) in [4.78, 5) is 39.2. The molecule has 0 atom stereocenters. The Labute approximate surface area is 116 Å². The summed E-state index contributed by atoms with van der Waals surface area (Å²) in [6.07, 6.45) is 1.72. The largest absolute Gasteiger partial charge is 0.332 e. The summed E-state index contributed by atoms with van der Waals surface area (Å²) in [5.74, 6) is 0.510. The SMILES string of the molecule is O=c1[nH]c(=O)c2[nH]c(-c3cccc4ncccc34)nc2[nH]1. The summed E-state index contributed by atoms with van der Waals surface area (Å²) < 4.78 is 0. The first kappa shape index (κ1) is 11.6. The lowest BCUT2D eigenvalue weighted by molar-refractivity contribution is 1.07. The molecule has 3 heterocycles. The Kier molecular flexibility index (Phi) is 2.28. The third-order valence-electron chi connectivity index (χ3n) is 3.29. The number of benzene rings is 1. The first-order valence-corrected chi connectivity index (χ1v) is 6.29. The fourth-order valence-corrected chi connectivity index (χ4v) is 2.37. The molecule has 3 N–H and O–H groups in total. The topological polar surface area (TPSA) is 107 Å². The van der Waals surface area contributed by atoms with Crippen molar-refractivity contribution in [2.24, 2.45) is 0 Å². The molecule has 0 aliphatic carbocycles. The van der Waals surface area contributed by atoms with Gasteiger partial charge >= 0.3 is 5.69 Å². The van der Waals surface area contributed by atoms with Crippen molar-refractivity contribution in [3.63, 3.8) is 0 Å². The molecule has 21 heavy (non-hydrogen) atoms. The van der Waals surface area contributed by atoms with Gasteiger partial charge in [0.15, 0.2) is 5.65 Å². The molecule has 0 saturated heterocycles. The van der Waals surface area contributed by atoms with Crippen molar-refractivity contribution in [2.75, 3.05) is 0 Å². The van der Waals surface area contributed by atoms with Gasteiger partial charge in [0, 0.05) is 17.1 Å². The van der Waals surface area contributed by atoms with E-state index in [4.69, 9.17) is 0 Å². The van der Waals surface area contributed by atoms with Crippen LogP contribution in [0.25, 0.3) is 33.5 Å². The monoisotopic (exact) mass is 279 g/mol. The maximum Gasteiger partial charge on any atom is 0.327 e. The highest BCUT2D eigenvalue weighted by molar-refractivity contribution is 5.94. The predicted octanol–water partition coefficient (Wildman–Crippen LogP) is 1.15. The van der Waals surface area contributed by atoms with Crippen LogP contribution in [0.2, 0.25) is 0 Å². The number of imidazole rings is 1. The first-order chi connectivity index (χ1) is 10.2. The number of aromatic amines is 3. The van der Waals surface area contributed by atoms with E-state index in [9.17, 15) is 9.59 Å². The van der Waals surface area contributed by atoms with E-state index < -0.39 is 11.2 Å². The van der Waals surface area contributed by atoms with Crippen LogP contribution in [0, 0.1) is 0 Å². The van der Waals surface area contributed by atoms with Gasteiger partial charge in [0.2, 0.25) is 0 Å². The molecule has 7 heteroatoms. The van der Waals surface area contributed by atoms with Gasteiger partial charge < -0.3 is 4.98 Å². The van der Waals surface area contributed by atoms with Crippen LogP contribution in [0.5, 0.6) is 0 Å². The Morgan fingerprint density at radius 2 is 1.86 bits per heavy atom. The van der Waals surface area contributed by atoms with Gasteiger partial charge in [0.1, 0.15) is 11.3 Å². The van der Waals surface area contributed by atoms with Crippen molar-refractivity contribution in [2.45, 2.75) is 0 Å². The zero-order chi connectivity index (χ0) is 14.4. The van der Waals surface area contributed by atoms with Crippen molar-refractivity contribution < 1.29 is 0 Å². The van der Waals surface area contributed by atoms with Gasteiger partial charge in [-0.3, -0.25) is 19.7 Å². The summed E-state index contributed by atoms with van der Waals surface area (Å²) >= 11 is 0. The molecule has 4 aromatic rings. The molecule has 0 amide bonds. The van der Waals surface area contributed by atoms with E-state index >= 15 is 0 Å². The minimum atomic E-state index is -0.579. The molecular weight excluding hydrogens is 270 g/mol. The number of rotatable bonds is 1. The number of nitrogens with zero attached hydrogens (tertiary/aromatic N) is 2. The summed E-state index contributed by atoms with van der Waals surface area (Å²) in [5.41, 5.74) is 1.05. The molecule has 0 bridgehead atoms. The van der Waals surface area contributed by atoms with E-state index in [1.54, 1.807) is 6.20 Å². The highest BCUT2D eigenvalue weighted by Crippen LogP contribution is 2.25. The van der Waals surface area contributed by atoms with E-state index in [1.165, 1.54) is 0 Å². The predicted molar refractivity (Wildman–Crippen MR) is 78.1 cm³/mol. The fourth-order valence-electron chi connectivity index (χ4n) is 2.37. The summed E-state index contributed by atoms with van der Waals surface area (Å²) in [5, 5.41) is 0.915. The lowest BCUT2D eigenvalue weighted by atomic mass is 10.1. The second-order valence-electron chi connectivity index (χ2n) is 4.59. The van der Waals surface area contributed by atoms with Crippen LogP contribution in [0.1, 0.15) is 0 Å². The summed E-state index contributed by atoms with van der Waals surface area (Å²) in [6, 6.07) is 9.41. The number of pyridine rings is 1. The van der Waals surface area contributed by atoms with Crippen molar-refractivity contribution >= 4 is 22.1 Å². The molecule has 0 saturated carbocycles. The Bertz CT molecular complexity index is 1080. The number of fused-ring (bicyclic) bond motifs is 2. The van der Waals surface area contributed by atoms with Gasteiger partial charge in [-0.15, -0.1) is 0 Å². The standard InChI is InChI=1S/C14H9N5O2/c20-13-10-12(18-14(21)19-13)17-11(16-10)8-3-1-5-9-7(8)4-2-6-15-9/h1-6H,(H3,16,17,18,19,20,21). The number of H-pyrrole nitrogens is 3. The van der Waals surface area contributed by atoms with Crippen LogP contribution in [-0.2, 0) is 0 Å². The van der Waals surface area contributed by atoms with Crippen molar-refractivity contribution in [3.05, 3.63) is 57.4 Å². The molecule has 4 rings (SSSR count). The van der Waals surface area contributed by atoms with E-state index in [-0.39, 0.29) is 11.2 Å². The van der Waals surface area contributed by atoms with Crippen molar-refractivity contribution in [1.29, 1.82) is 0 Å². The van der Waals surface area contributed by atoms with Crippen LogP contribution in [0.15, 0.2) is 46.1 Å². The third-order valence-corrected chi connectivity index (χ3v) is 3.29. The fraction of sp³-hybridized carbons (Fsp3) is 0. The van der Waals surface area contributed by atoms with Gasteiger partial charge in [0.25, 0.3) is 5.56 Å². The second kappa shape index (κ2) is 4.14. The van der Waals surface area contributed by atoms with Crippen molar-refractivity contribution in [1.82, 2.24) is 24.9 Å². The number of aromatic nitrogens is 5. The van der Waals surface area contributed by atoms with E-state index in [2.05, 4.69) is 24.9 Å². The van der Waals surface area contributed by atoms with E-state index in [0.717, 1.165) is 16.5 Å². The molecule has 0 radical (unpaired) electrons. The molecule has 0 aliphatic rings. The molecule has 0 spiro atoms. The normalized spacial score (nSPS) is 11.2. The first-order valence-electron chi connectivity index (χ1n) is 6.29. The number of hydrogen-bond donors (Lipinski definition) is 3. The minimum absolute atomic E-state index is 0.236. The molecule has 3 aromatic heterocycles. The third kappa shape index (κ3) is 1.75.